The van der Waals surface area contributed by atoms with Crippen molar-refractivity contribution in [1.29, 1.82) is 0 Å². The number of nitrogens with two attached hydrogens (primary N) is 1. The molecule has 1 heterocycles. The monoisotopic (exact) mass is 272 g/mol. The number of anilines is 2. The zero-order valence-electron chi connectivity index (χ0n) is 12.6. The zero-order valence-corrected chi connectivity index (χ0v) is 12.6. The number of fused-ring (bicyclic) bond motifs is 1. The van der Waals surface area contributed by atoms with E-state index in [4.69, 9.17) is 5.73 Å². The summed E-state index contributed by atoms with van der Waals surface area (Å²) in [5, 5.41) is 4.51. The molecule has 1 unspecified atom stereocenters. The third kappa shape index (κ3) is 3.83. The summed E-state index contributed by atoms with van der Waals surface area (Å²) in [6.45, 7) is 6.73. The summed E-state index contributed by atoms with van der Waals surface area (Å²) in [7, 11) is 0. The maximum atomic E-state index is 5.79. The minimum Gasteiger partial charge on any atom is -0.399 e. The van der Waals surface area contributed by atoms with Gasteiger partial charge in [0.1, 0.15) is 12.1 Å². The minimum atomic E-state index is 0.407. The van der Waals surface area contributed by atoms with E-state index in [2.05, 4.69) is 36.1 Å². The molecule has 0 bridgehead atoms. The second-order valence-electron chi connectivity index (χ2n) is 5.87. The molecule has 0 aliphatic carbocycles. The molecule has 20 heavy (non-hydrogen) atoms. The predicted molar refractivity (Wildman–Crippen MR) is 85.7 cm³/mol. The Labute approximate surface area is 120 Å². The quantitative estimate of drug-likeness (QED) is 0.784. The van der Waals surface area contributed by atoms with E-state index in [1.54, 1.807) is 6.33 Å². The third-order valence-corrected chi connectivity index (χ3v) is 3.46. The lowest BCUT2D eigenvalue weighted by molar-refractivity contribution is 0.520. The van der Waals surface area contributed by atoms with Crippen molar-refractivity contribution in [2.45, 2.75) is 46.1 Å². The summed E-state index contributed by atoms with van der Waals surface area (Å²) < 4.78 is 0. The van der Waals surface area contributed by atoms with Crippen LogP contribution in [0.15, 0.2) is 24.5 Å². The molecule has 0 saturated carbocycles. The van der Waals surface area contributed by atoms with Crippen LogP contribution in [0, 0.1) is 5.92 Å². The number of hydrogen-bond donors (Lipinski definition) is 2. The molecule has 0 fully saturated rings. The van der Waals surface area contributed by atoms with Gasteiger partial charge in [-0.3, -0.25) is 0 Å². The molecule has 0 saturated heterocycles. The van der Waals surface area contributed by atoms with Gasteiger partial charge in [0.25, 0.3) is 0 Å². The fourth-order valence-electron chi connectivity index (χ4n) is 2.33. The van der Waals surface area contributed by atoms with Crippen LogP contribution in [0.4, 0.5) is 11.5 Å². The first kappa shape index (κ1) is 14.6. The van der Waals surface area contributed by atoms with Crippen molar-refractivity contribution >= 4 is 22.4 Å². The van der Waals surface area contributed by atoms with Crippen molar-refractivity contribution < 1.29 is 0 Å². The van der Waals surface area contributed by atoms with Crippen molar-refractivity contribution in [3.63, 3.8) is 0 Å². The zero-order chi connectivity index (χ0) is 14.5. The summed E-state index contributed by atoms with van der Waals surface area (Å²) >= 11 is 0. The standard InChI is InChI=1S/C16H24N4/c1-11(2)5-4-6-12(3)20-16-14-8-7-13(17)9-15(14)18-10-19-16/h7-12H,4-6,17H2,1-3H3,(H,18,19,20). The first-order chi connectivity index (χ1) is 9.56. The minimum absolute atomic E-state index is 0.407. The fourth-order valence-corrected chi connectivity index (χ4v) is 2.33. The second-order valence-corrected chi connectivity index (χ2v) is 5.87. The predicted octanol–water partition coefficient (Wildman–Crippen LogP) is 3.84. The van der Waals surface area contributed by atoms with Crippen molar-refractivity contribution in [3.05, 3.63) is 24.5 Å². The summed E-state index contributed by atoms with van der Waals surface area (Å²) in [6, 6.07) is 6.16. The second kappa shape index (κ2) is 6.55. The van der Waals surface area contributed by atoms with Crippen molar-refractivity contribution in [1.82, 2.24) is 9.97 Å². The molecule has 0 radical (unpaired) electrons. The van der Waals surface area contributed by atoms with E-state index in [0.717, 1.165) is 34.7 Å². The van der Waals surface area contributed by atoms with Crippen LogP contribution in [0.3, 0.4) is 0 Å². The molecule has 1 atom stereocenters. The third-order valence-electron chi connectivity index (χ3n) is 3.46. The van der Waals surface area contributed by atoms with E-state index >= 15 is 0 Å². The van der Waals surface area contributed by atoms with E-state index in [9.17, 15) is 0 Å². The first-order valence-electron chi connectivity index (χ1n) is 7.33. The molecule has 0 spiro atoms. The first-order valence-corrected chi connectivity index (χ1v) is 7.33. The van der Waals surface area contributed by atoms with Crippen LogP contribution >= 0.6 is 0 Å². The Kier molecular flexibility index (Phi) is 4.77. The number of hydrogen-bond acceptors (Lipinski definition) is 4. The number of nitrogen functional groups attached to an aromatic ring is 1. The highest BCUT2D eigenvalue weighted by molar-refractivity contribution is 5.90. The Hall–Kier alpha value is -1.84. The van der Waals surface area contributed by atoms with Crippen LogP contribution in [-0.4, -0.2) is 16.0 Å². The van der Waals surface area contributed by atoms with Gasteiger partial charge in [0.2, 0.25) is 0 Å². The Morgan fingerprint density at radius 3 is 2.70 bits per heavy atom. The molecule has 0 aliphatic rings. The smallest absolute Gasteiger partial charge is 0.137 e. The molecule has 108 valence electrons. The molecule has 4 heteroatoms. The highest BCUT2D eigenvalue weighted by Gasteiger charge is 2.08. The van der Waals surface area contributed by atoms with Crippen LogP contribution in [0.2, 0.25) is 0 Å². The molecule has 0 amide bonds. The van der Waals surface area contributed by atoms with Gasteiger partial charge >= 0.3 is 0 Å². The lowest BCUT2D eigenvalue weighted by Crippen LogP contribution is -2.16. The Morgan fingerprint density at radius 2 is 1.95 bits per heavy atom. The molecule has 0 aliphatic heterocycles. The maximum absolute atomic E-state index is 5.79. The van der Waals surface area contributed by atoms with E-state index < -0.39 is 0 Å². The number of benzene rings is 1. The van der Waals surface area contributed by atoms with Gasteiger partial charge in [-0.05, 0) is 37.5 Å². The highest BCUT2D eigenvalue weighted by Crippen LogP contribution is 2.22. The van der Waals surface area contributed by atoms with Gasteiger partial charge in [-0.1, -0.05) is 26.7 Å². The van der Waals surface area contributed by atoms with E-state index in [1.807, 2.05) is 18.2 Å². The number of aromatic nitrogens is 2. The normalized spacial score (nSPS) is 12.8. The van der Waals surface area contributed by atoms with Crippen molar-refractivity contribution in [2.75, 3.05) is 11.1 Å². The van der Waals surface area contributed by atoms with Gasteiger partial charge in [0.05, 0.1) is 5.52 Å². The number of nitrogens with zero attached hydrogens (tertiary/aromatic N) is 2. The van der Waals surface area contributed by atoms with Gasteiger partial charge in [0, 0.05) is 17.1 Å². The molecule has 1 aromatic heterocycles. The van der Waals surface area contributed by atoms with Gasteiger partial charge in [-0.15, -0.1) is 0 Å². The van der Waals surface area contributed by atoms with Crippen molar-refractivity contribution in [2.24, 2.45) is 5.92 Å². The van der Waals surface area contributed by atoms with Gasteiger partial charge in [-0.25, -0.2) is 9.97 Å². The maximum Gasteiger partial charge on any atom is 0.137 e. The lowest BCUT2D eigenvalue weighted by Gasteiger charge is -2.16. The van der Waals surface area contributed by atoms with Gasteiger partial charge in [0.15, 0.2) is 0 Å². The summed E-state index contributed by atoms with van der Waals surface area (Å²) in [4.78, 5) is 8.62. The molecule has 4 nitrogen and oxygen atoms in total. The van der Waals surface area contributed by atoms with Crippen LogP contribution in [0.1, 0.15) is 40.0 Å². The molecule has 2 rings (SSSR count). The molecular formula is C16H24N4. The average Bonchev–Trinajstić information content (AvgIpc) is 2.38. The number of rotatable bonds is 6. The molecule has 1 aromatic carbocycles. The van der Waals surface area contributed by atoms with Crippen molar-refractivity contribution in [3.8, 4) is 0 Å². The summed E-state index contributed by atoms with van der Waals surface area (Å²) in [5.74, 6) is 1.66. The fraction of sp³-hybridized carbons (Fsp3) is 0.500. The average molecular weight is 272 g/mol. The summed E-state index contributed by atoms with van der Waals surface area (Å²) in [5.41, 5.74) is 7.40. The molecule has 3 N–H and O–H groups in total. The molecule has 2 aromatic rings. The van der Waals surface area contributed by atoms with E-state index in [1.165, 1.54) is 12.8 Å². The lowest BCUT2D eigenvalue weighted by atomic mass is 10.0. The van der Waals surface area contributed by atoms with Crippen LogP contribution in [0.5, 0.6) is 0 Å². The van der Waals surface area contributed by atoms with E-state index in [-0.39, 0.29) is 0 Å². The van der Waals surface area contributed by atoms with Crippen LogP contribution < -0.4 is 11.1 Å². The van der Waals surface area contributed by atoms with Gasteiger partial charge < -0.3 is 11.1 Å². The molecular weight excluding hydrogens is 248 g/mol. The Morgan fingerprint density at radius 1 is 1.15 bits per heavy atom. The number of nitrogens with one attached hydrogen (secondary N) is 1. The largest absolute Gasteiger partial charge is 0.399 e. The van der Waals surface area contributed by atoms with Crippen LogP contribution in [0.25, 0.3) is 10.9 Å². The SMILES string of the molecule is CC(C)CCCC(C)Nc1ncnc2cc(N)ccc12. The van der Waals surface area contributed by atoms with Crippen LogP contribution in [-0.2, 0) is 0 Å². The highest BCUT2D eigenvalue weighted by atomic mass is 15.0. The Bertz CT molecular complexity index is 565. The van der Waals surface area contributed by atoms with Gasteiger partial charge in [-0.2, -0.15) is 0 Å². The topological polar surface area (TPSA) is 63.8 Å². The van der Waals surface area contributed by atoms with E-state index in [0.29, 0.717) is 6.04 Å². The Balaban J connectivity index is 2.05. The summed E-state index contributed by atoms with van der Waals surface area (Å²) in [6.07, 6.45) is 5.25.